The molecule has 0 saturated carbocycles. The van der Waals surface area contributed by atoms with Gasteiger partial charge in [-0.05, 0) is 12.8 Å². The average molecular weight is 210 g/mol. The van der Waals surface area contributed by atoms with Crippen molar-refractivity contribution in [2.24, 2.45) is 0 Å². The molecule has 5 nitrogen and oxygen atoms in total. The van der Waals surface area contributed by atoms with Gasteiger partial charge in [0.15, 0.2) is 0 Å². The number of rotatable bonds is 3. The molecule has 2 rings (SSSR count). The quantitative estimate of drug-likeness (QED) is 0.607. The number of carbonyl (C=O) groups is 2. The molecule has 0 aromatic heterocycles. The molecular formula is C9H15BN2O3. The Morgan fingerprint density at radius 2 is 2.27 bits per heavy atom. The smallest absolute Gasteiger partial charge is 0.312 e. The molecule has 0 aromatic carbocycles. The first-order chi connectivity index (χ1) is 7.19. The molecule has 0 N–H and O–H groups in total. The first-order valence-corrected chi connectivity index (χ1v) is 5.35. The molecule has 2 aliphatic rings. The summed E-state index contributed by atoms with van der Waals surface area (Å²) < 4.78 is 0. The summed E-state index contributed by atoms with van der Waals surface area (Å²) in [5.74, 6) is 0. The molecule has 6 heteroatoms. The zero-order chi connectivity index (χ0) is 11.0. The Bertz CT molecular complexity index is 297. The molecule has 82 valence electrons. The van der Waals surface area contributed by atoms with E-state index in [9.17, 15) is 9.59 Å². The first-order valence-electron chi connectivity index (χ1n) is 5.35. The number of urea groups is 1. The van der Waals surface area contributed by atoms with E-state index < -0.39 is 0 Å². The lowest BCUT2D eigenvalue weighted by molar-refractivity contribution is -0.116. The number of carbonyl (C=O) groups excluding carboxylic acids is 2. The van der Waals surface area contributed by atoms with Gasteiger partial charge in [0.1, 0.15) is 5.68 Å². The van der Waals surface area contributed by atoms with Crippen LogP contribution in [0.2, 0.25) is 6.82 Å². The molecule has 2 fully saturated rings. The molecule has 2 bridgehead atoms. The Labute approximate surface area is 89.5 Å². The summed E-state index contributed by atoms with van der Waals surface area (Å²) in [7, 11) is 1.99. The van der Waals surface area contributed by atoms with Crippen molar-refractivity contribution < 1.29 is 14.4 Å². The van der Waals surface area contributed by atoms with Crippen molar-refractivity contribution in [3.05, 3.63) is 0 Å². The molecule has 0 unspecified atom stereocenters. The van der Waals surface area contributed by atoms with Gasteiger partial charge in [-0.1, -0.05) is 6.82 Å². The maximum atomic E-state index is 11.8. The van der Waals surface area contributed by atoms with Crippen LogP contribution in [0.1, 0.15) is 12.8 Å². The Hall–Kier alpha value is -1.04. The molecule has 0 spiro atoms. The van der Waals surface area contributed by atoms with E-state index in [0.29, 0.717) is 13.8 Å². The molecule has 2 atom stereocenters. The summed E-state index contributed by atoms with van der Waals surface area (Å²) in [6.45, 7) is 2.46. The predicted molar refractivity (Wildman–Crippen MR) is 55.8 cm³/mol. The lowest BCUT2D eigenvalue weighted by Crippen LogP contribution is -2.46. The zero-order valence-corrected chi connectivity index (χ0v) is 9.10. The summed E-state index contributed by atoms with van der Waals surface area (Å²) in [6.07, 6.45) is 1.62. The van der Waals surface area contributed by atoms with E-state index in [1.165, 1.54) is 12.2 Å². The van der Waals surface area contributed by atoms with Crippen molar-refractivity contribution in [2.45, 2.75) is 31.7 Å². The highest BCUT2D eigenvalue weighted by molar-refractivity contribution is 6.73. The van der Waals surface area contributed by atoms with E-state index >= 15 is 0 Å². The summed E-state index contributed by atoms with van der Waals surface area (Å²) in [6, 6.07) is -0.255. The maximum absolute atomic E-state index is 11.8. The third-order valence-electron chi connectivity index (χ3n) is 3.24. The molecule has 0 aromatic rings. The fraction of sp³-hybridized carbons (Fsp3) is 0.778. The second kappa shape index (κ2) is 3.85. The lowest BCUT2D eigenvalue weighted by Gasteiger charge is -2.29. The topological polar surface area (TPSA) is 49.9 Å². The van der Waals surface area contributed by atoms with Gasteiger partial charge in [-0.25, -0.2) is 4.79 Å². The van der Waals surface area contributed by atoms with Crippen LogP contribution in [0.15, 0.2) is 0 Å². The summed E-state index contributed by atoms with van der Waals surface area (Å²) in [5.41, 5.74) is 0.153. The number of fused-ring (bicyclic) bond motifs is 2. The largest absolute Gasteiger partial charge is 0.344 e. The van der Waals surface area contributed by atoms with Gasteiger partial charge >= 0.3 is 6.03 Å². The number of amides is 2. The van der Waals surface area contributed by atoms with Crippen molar-refractivity contribution in [2.75, 3.05) is 13.7 Å². The Morgan fingerprint density at radius 1 is 1.53 bits per heavy atom. The van der Waals surface area contributed by atoms with Crippen LogP contribution < -0.4 is 0 Å². The highest BCUT2D eigenvalue weighted by Crippen LogP contribution is 2.29. The first kappa shape index (κ1) is 10.5. The summed E-state index contributed by atoms with van der Waals surface area (Å²) >= 11 is 0. The third kappa shape index (κ3) is 1.53. The van der Waals surface area contributed by atoms with Gasteiger partial charge in [-0.3, -0.25) is 4.84 Å². The van der Waals surface area contributed by atoms with E-state index in [4.69, 9.17) is 4.84 Å². The fourth-order valence-corrected chi connectivity index (χ4v) is 2.43. The van der Waals surface area contributed by atoms with Crippen LogP contribution in [0.4, 0.5) is 4.79 Å². The standard InChI is InChI=1S/C9H15BN2O3/c1-10-8(13)7-4-3-6-5-11(7)9(14)12(6)15-2/h6-7,10H,3-5H2,1-2H3/t6-,7-/m0/s1. The highest BCUT2D eigenvalue weighted by Gasteiger charge is 2.46. The number of piperidine rings is 1. The van der Waals surface area contributed by atoms with Crippen LogP contribution in [0.25, 0.3) is 0 Å². The molecule has 2 saturated heterocycles. The SMILES string of the molecule is CBC(=O)[C@@H]1CC[C@H]2CN1C(=O)N2OC. The van der Waals surface area contributed by atoms with Crippen molar-refractivity contribution in [1.29, 1.82) is 0 Å². The van der Waals surface area contributed by atoms with Crippen LogP contribution in [0, 0.1) is 0 Å². The van der Waals surface area contributed by atoms with Gasteiger partial charge in [0.2, 0.25) is 7.28 Å². The minimum absolute atomic E-state index is 0.128. The molecule has 15 heavy (non-hydrogen) atoms. The minimum atomic E-state index is -0.223. The van der Waals surface area contributed by atoms with Crippen LogP contribution >= 0.6 is 0 Å². The molecule has 2 amide bonds. The maximum Gasteiger partial charge on any atom is 0.344 e. The Morgan fingerprint density at radius 3 is 2.87 bits per heavy atom. The normalized spacial score (nSPS) is 29.6. The van der Waals surface area contributed by atoms with Crippen molar-refractivity contribution >= 4 is 19.0 Å². The second-order valence-electron chi connectivity index (χ2n) is 4.01. The van der Waals surface area contributed by atoms with E-state index in [1.54, 1.807) is 4.90 Å². The van der Waals surface area contributed by atoms with E-state index in [0.717, 1.165) is 12.8 Å². The lowest BCUT2D eigenvalue weighted by atomic mass is 9.71. The van der Waals surface area contributed by atoms with E-state index in [1.807, 2.05) is 6.82 Å². The highest BCUT2D eigenvalue weighted by atomic mass is 16.7. The third-order valence-corrected chi connectivity index (χ3v) is 3.24. The van der Waals surface area contributed by atoms with Crippen LogP contribution in [0.5, 0.6) is 0 Å². The molecular weight excluding hydrogens is 195 g/mol. The number of hydroxylamine groups is 2. The molecule has 2 heterocycles. The van der Waals surface area contributed by atoms with Gasteiger partial charge in [-0.15, -0.1) is 0 Å². The van der Waals surface area contributed by atoms with Gasteiger partial charge in [0.25, 0.3) is 0 Å². The molecule has 0 aliphatic carbocycles. The predicted octanol–water partition coefficient (Wildman–Crippen LogP) is -0.172. The van der Waals surface area contributed by atoms with Crippen molar-refractivity contribution in [3.8, 4) is 0 Å². The van der Waals surface area contributed by atoms with E-state index in [-0.39, 0.29) is 23.8 Å². The Balaban J connectivity index is 2.16. The van der Waals surface area contributed by atoms with Crippen LogP contribution in [-0.4, -0.2) is 54.7 Å². The van der Waals surface area contributed by atoms with Gasteiger partial charge in [0, 0.05) is 6.54 Å². The van der Waals surface area contributed by atoms with E-state index in [2.05, 4.69) is 0 Å². The van der Waals surface area contributed by atoms with Crippen molar-refractivity contribution in [1.82, 2.24) is 9.96 Å². The monoisotopic (exact) mass is 210 g/mol. The molecule has 2 aliphatic heterocycles. The van der Waals surface area contributed by atoms with Crippen LogP contribution in [-0.2, 0) is 9.63 Å². The summed E-state index contributed by atoms with van der Waals surface area (Å²) in [4.78, 5) is 30.1. The number of hydrogen-bond acceptors (Lipinski definition) is 3. The van der Waals surface area contributed by atoms with Crippen LogP contribution in [0.3, 0.4) is 0 Å². The fourth-order valence-electron chi connectivity index (χ4n) is 2.43. The van der Waals surface area contributed by atoms with Gasteiger partial charge in [0.05, 0.1) is 19.2 Å². The number of nitrogens with zero attached hydrogens (tertiary/aromatic N) is 2. The average Bonchev–Trinajstić information content (AvgIpc) is 2.51. The second-order valence-corrected chi connectivity index (χ2v) is 4.01. The molecule has 0 radical (unpaired) electrons. The Kier molecular flexibility index (Phi) is 2.69. The zero-order valence-electron chi connectivity index (χ0n) is 9.10. The minimum Gasteiger partial charge on any atom is -0.312 e. The number of hydrogen-bond donors (Lipinski definition) is 0. The van der Waals surface area contributed by atoms with Crippen molar-refractivity contribution in [3.63, 3.8) is 0 Å². The summed E-state index contributed by atoms with van der Waals surface area (Å²) in [5, 5.41) is 1.39. The van der Waals surface area contributed by atoms with Gasteiger partial charge in [-0.2, -0.15) is 5.06 Å². The van der Waals surface area contributed by atoms with Gasteiger partial charge < -0.3 is 9.69 Å².